The van der Waals surface area contributed by atoms with Crippen LogP contribution in [0.1, 0.15) is 19.7 Å². The van der Waals surface area contributed by atoms with Crippen LogP contribution in [0.2, 0.25) is 0 Å². The van der Waals surface area contributed by atoms with Crippen molar-refractivity contribution in [1.82, 2.24) is 15.5 Å². The van der Waals surface area contributed by atoms with Crippen molar-refractivity contribution >= 4 is 0 Å². The zero-order valence-corrected chi connectivity index (χ0v) is 10.2. The number of hydrogen-bond donors (Lipinski definition) is 1. The molecule has 0 amide bonds. The summed E-state index contributed by atoms with van der Waals surface area (Å²) in [5.74, 6) is 1.27. The number of hydrogen-bond acceptors (Lipinski definition) is 4. The Bertz CT molecular complexity index is 451. The van der Waals surface area contributed by atoms with Crippen LogP contribution in [0.3, 0.4) is 0 Å². The molecule has 4 heteroatoms. The van der Waals surface area contributed by atoms with Crippen LogP contribution in [-0.2, 0) is 6.42 Å². The molecule has 1 N–H and O–H groups in total. The summed E-state index contributed by atoms with van der Waals surface area (Å²) in [6.45, 7) is 5.08. The lowest BCUT2D eigenvalue weighted by atomic mass is 10.2. The van der Waals surface area contributed by atoms with Crippen molar-refractivity contribution in [3.8, 4) is 11.5 Å². The van der Waals surface area contributed by atoms with E-state index >= 15 is 0 Å². The minimum Gasteiger partial charge on any atom is -0.421 e. The fraction of sp³-hybridized carbons (Fsp3) is 0.385. The van der Waals surface area contributed by atoms with Gasteiger partial charge in [0.05, 0.1) is 0 Å². The molecule has 0 fully saturated rings. The number of benzene rings is 1. The SMILES string of the molecule is CC(C)NCCc1nnc(-c2ccccc2)o1. The van der Waals surface area contributed by atoms with Crippen LogP contribution < -0.4 is 5.32 Å². The van der Waals surface area contributed by atoms with E-state index in [4.69, 9.17) is 4.42 Å². The lowest BCUT2D eigenvalue weighted by Crippen LogP contribution is -2.25. The van der Waals surface area contributed by atoms with Gasteiger partial charge in [0.2, 0.25) is 11.8 Å². The van der Waals surface area contributed by atoms with Gasteiger partial charge in [0, 0.05) is 24.6 Å². The normalized spacial score (nSPS) is 11.0. The van der Waals surface area contributed by atoms with Crippen molar-refractivity contribution in [3.05, 3.63) is 36.2 Å². The molecule has 0 atom stereocenters. The monoisotopic (exact) mass is 231 g/mol. The maximum atomic E-state index is 5.59. The topological polar surface area (TPSA) is 51.0 Å². The zero-order valence-electron chi connectivity index (χ0n) is 10.2. The fourth-order valence-electron chi connectivity index (χ4n) is 1.52. The zero-order chi connectivity index (χ0) is 12.1. The molecule has 0 aliphatic heterocycles. The van der Waals surface area contributed by atoms with Crippen LogP contribution in [0.15, 0.2) is 34.7 Å². The van der Waals surface area contributed by atoms with Crippen LogP contribution in [0, 0.1) is 0 Å². The Balaban J connectivity index is 1.97. The van der Waals surface area contributed by atoms with Crippen molar-refractivity contribution < 1.29 is 4.42 Å². The van der Waals surface area contributed by atoms with E-state index in [1.54, 1.807) is 0 Å². The van der Waals surface area contributed by atoms with Gasteiger partial charge >= 0.3 is 0 Å². The van der Waals surface area contributed by atoms with Crippen LogP contribution in [0.5, 0.6) is 0 Å². The van der Waals surface area contributed by atoms with Gasteiger partial charge in [0.1, 0.15) is 0 Å². The first-order chi connectivity index (χ1) is 8.25. The summed E-state index contributed by atoms with van der Waals surface area (Å²) in [5, 5.41) is 11.4. The van der Waals surface area contributed by atoms with E-state index in [-0.39, 0.29) is 0 Å². The molecular weight excluding hydrogens is 214 g/mol. The van der Waals surface area contributed by atoms with Crippen molar-refractivity contribution in [2.45, 2.75) is 26.3 Å². The Morgan fingerprint density at radius 1 is 1.18 bits per heavy atom. The summed E-state index contributed by atoms with van der Waals surface area (Å²) in [4.78, 5) is 0. The molecule has 2 rings (SSSR count). The van der Waals surface area contributed by atoms with Crippen molar-refractivity contribution in [2.24, 2.45) is 0 Å². The van der Waals surface area contributed by atoms with Gasteiger partial charge in [-0.15, -0.1) is 10.2 Å². The van der Waals surface area contributed by atoms with Gasteiger partial charge in [0.25, 0.3) is 0 Å². The van der Waals surface area contributed by atoms with Gasteiger partial charge < -0.3 is 9.73 Å². The summed E-state index contributed by atoms with van der Waals surface area (Å²) >= 11 is 0. The summed E-state index contributed by atoms with van der Waals surface area (Å²) in [6.07, 6.45) is 0.762. The van der Waals surface area contributed by atoms with E-state index in [1.807, 2.05) is 30.3 Å². The van der Waals surface area contributed by atoms with E-state index in [1.165, 1.54) is 0 Å². The van der Waals surface area contributed by atoms with Crippen LogP contribution >= 0.6 is 0 Å². The first-order valence-electron chi connectivity index (χ1n) is 5.87. The molecule has 2 aromatic rings. The van der Waals surface area contributed by atoms with Gasteiger partial charge in [-0.05, 0) is 12.1 Å². The lowest BCUT2D eigenvalue weighted by molar-refractivity contribution is 0.484. The molecule has 0 radical (unpaired) electrons. The molecule has 0 saturated heterocycles. The smallest absolute Gasteiger partial charge is 0.247 e. The Morgan fingerprint density at radius 2 is 1.94 bits per heavy atom. The molecule has 0 unspecified atom stereocenters. The van der Waals surface area contributed by atoms with Gasteiger partial charge in [-0.25, -0.2) is 0 Å². The Morgan fingerprint density at radius 3 is 2.65 bits per heavy atom. The molecule has 0 aliphatic carbocycles. The van der Waals surface area contributed by atoms with E-state index < -0.39 is 0 Å². The third kappa shape index (κ3) is 3.39. The highest BCUT2D eigenvalue weighted by Crippen LogP contribution is 2.16. The van der Waals surface area contributed by atoms with Crippen LogP contribution in [0.25, 0.3) is 11.5 Å². The third-order valence-corrected chi connectivity index (χ3v) is 2.38. The predicted molar refractivity (Wildman–Crippen MR) is 66.6 cm³/mol. The standard InChI is InChI=1S/C13H17N3O/c1-10(2)14-9-8-12-15-16-13(17-12)11-6-4-3-5-7-11/h3-7,10,14H,8-9H2,1-2H3. The highest BCUT2D eigenvalue weighted by atomic mass is 16.4. The first-order valence-corrected chi connectivity index (χ1v) is 5.87. The molecule has 1 aromatic carbocycles. The molecule has 1 aromatic heterocycles. The third-order valence-electron chi connectivity index (χ3n) is 2.38. The Hall–Kier alpha value is -1.68. The summed E-state index contributed by atoms with van der Waals surface area (Å²) in [7, 11) is 0. The fourth-order valence-corrected chi connectivity index (χ4v) is 1.52. The average Bonchev–Trinajstić information content (AvgIpc) is 2.78. The number of nitrogens with one attached hydrogen (secondary N) is 1. The van der Waals surface area contributed by atoms with Crippen molar-refractivity contribution in [3.63, 3.8) is 0 Å². The molecule has 0 bridgehead atoms. The van der Waals surface area contributed by atoms with E-state index in [9.17, 15) is 0 Å². The number of nitrogens with zero attached hydrogens (tertiary/aromatic N) is 2. The molecule has 0 saturated carbocycles. The van der Waals surface area contributed by atoms with Crippen molar-refractivity contribution in [2.75, 3.05) is 6.54 Å². The number of rotatable bonds is 5. The predicted octanol–water partition coefficient (Wildman–Crippen LogP) is 2.28. The second-order valence-electron chi connectivity index (χ2n) is 4.23. The molecule has 17 heavy (non-hydrogen) atoms. The highest BCUT2D eigenvalue weighted by molar-refractivity contribution is 5.51. The maximum Gasteiger partial charge on any atom is 0.247 e. The second kappa shape index (κ2) is 5.59. The van der Waals surface area contributed by atoms with E-state index in [2.05, 4.69) is 29.4 Å². The average molecular weight is 231 g/mol. The Kier molecular flexibility index (Phi) is 3.88. The minimum absolute atomic E-state index is 0.478. The second-order valence-corrected chi connectivity index (χ2v) is 4.23. The molecule has 0 aliphatic rings. The summed E-state index contributed by atoms with van der Waals surface area (Å²) in [6, 6.07) is 10.3. The van der Waals surface area contributed by atoms with Gasteiger partial charge in [-0.1, -0.05) is 32.0 Å². The molecule has 4 nitrogen and oxygen atoms in total. The van der Waals surface area contributed by atoms with Gasteiger partial charge in [-0.2, -0.15) is 0 Å². The first kappa shape index (κ1) is 11.8. The van der Waals surface area contributed by atoms with Crippen LogP contribution in [-0.4, -0.2) is 22.8 Å². The quantitative estimate of drug-likeness (QED) is 0.857. The molecule has 90 valence electrons. The number of aromatic nitrogens is 2. The molecular formula is C13H17N3O. The maximum absolute atomic E-state index is 5.59. The van der Waals surface area contributed by atoms with E-state index in [0.717, 1.165) is 18.5 Å². The largest absolute Gasteiger partial charge is 0.421 e. The van der Waals surface area contributed by atoms with E-state index in [0.29, 0.717) is 17.8 Å². The van der Waals surface area contributed by atoms with Crippen molar-refractivity contribution in [1.29, 1.82) is 0 Å². The lowest BCUT2D eigenvalue weighted by Gasteiger charge is -2.04. The molecule has 0 spiro atoms. The molecule has 1 heterocycles. The highest BCUT2D eigenvalue weighted by Gasteiger charge is 2.07. The minimum atomic E-state index is 0.478. The van der Waals surface area contributed by atoms with Crippen LogP contribution in [0.4, 0.5) is 0 Å². The summed E-state index contributed by atoms with van der Waals surface area (Å²) < 4.78 is 5.59. The summed E-state index contributed by atoms with van der Waals surface area (Å²) in [5.41, 5.74) is 0.961. The Labute approximate surface area is 101 Å². The van der Waals surface area contributed by atoms with Gasteiger partial charge in [0.15, 0.2) is 0 Å². The van der Waals surface area contributed by atoms with Gasteiger partial charge in [-0.3, -0.25) is 0 Å².